The summed E-state index contributed by atoms with van der Waals surface area (Å²) in [4.78, 5) is 0. The number of nitrogens with two attached hydrogens (primary N) is 1. The lowest BCUT2D eigenvalue weighted by atomic mass is 10.1. The van der Waals surface area contributed by atoms with E-state index in [0.29, 0.717) is 5.69 Å². The third kappa shape index (κ3) is 2.07. The zero-order valence-corrected chi connectivity index (χ0v) is 8.37. The van der Waals surface area contributed by atoms with Crippen molar-refractivity contribution in [3.05, 3.63) is 27.3 Å². The van der Waals surface area contributed by atoms with Gasteiger partial charge in [-0.2, -0.15) is 0 Å². The maximum absolute atomic E-state index is 9.25. The number of aliphatic hydroxyl groups is 1. The summed E-state index contributed by atoms with van der Waals surface area (Å²) in [5.74, 6) is 0. The topological polar surface area (TPSA) is 46.2 Å². The number of benzene rings is 1. The fourth-order valence-electron chi connectivity index (χ4n) is 0.907. The molecule has 11 heavy (non-hydrogen) atoms. The number of aliphatic hydroxyl groups excluding tert-OH is 1. The van der Waals surface area contributed by atoms with Gasteiger partial charge in [0.15, 0.2) is 0 Å². The van der Waals surface area contributed by atoms with Crippen LogP contribution in [0, 0.1) is 3.57 Å². The van der Waals surface area contributed by atoms with Crippen LogP contribution in [0.5, 0.6) is 0 Å². The Balaban J connectivity index is 3.13. The molecule has 0 spiro atoms. The standard InChI is InChI=1S/C8H10INO/c1-5(11)7-4-6(9)2-3-8(7)10/h2-5,11H,10H2,1H3. The molecule has 3 N–H and O–H groups in total. The van der Waals surface area contributed by atoms with Gasteiger partial charge in [0.05, 0.1) is 6.10 Å². The molecule has 0 aliphatic heterocycles. The van der Waals surface area contributed by atoms with Gasteiger partial charge in [0, 0.05) is 14.8 Å². The third-order valence-corrected chi connectivity index (χ3v) is 2.17. The van der Waals surface area contributed by atoms with Gasteiger partial charge in [-0.1, -0.05) is 0 Å². The molecular weight excluding hydrogens is 253 g/mol. The van der Waals surface area contributed by atoms with E-state index in [-0.39, 0.29) is 0 Å². The van der Waals surface area contributed by atoms with E-state index in [2.05, 4.69) is 22.6 Å². The Labute approximate surface area is 79.6 Å². The first-order valence-electron chi connectivity index (χ1n) is 3.34. The number of halogens is 1. The van der Waals surface area contributed by atoms with E-state index in [9.17, 15) is 5.11 Å². The van der Waals surface area contributed by atoms with Crippen LogP contribution >= 0.6 is 22.6 Å². The molecule has 0 aromatic heterocycles. The Kier molecular flexibility index (Phi) is 2.72. The van der Waals surface area contributed by atoms with Gasteiger partial charge in [-0.05, 0) is 47.7 Å². The summed E-state index contributed by atoms with van der Waals surface area (Å²) in [5.41, 5.74) is 7.08. The molecule has 3 heteroatoms. The summed E-state index contributed by atoms with van der Waals surface area (Å²) in [5, 5.41) is 9.25. The molecule has 1 rings (SSSR count). The van der Waals surface area contributed by atoms with E-state index in [0.717, 1.165) is 9.13 Å². The summed E-state index contributed by atoms with van der Waals surface area (Å²) in [6.45, 7) is 1.71. The van der Waals surface area contributed by atoms with Gasteiger partial charge in [0.2, 0.25) is 0 Å². The number of nitrogen functional groups attached to an aromatic ring is 1. The quantitative estimate of drug-likeness (QED) is 0.600. The van der Waals surface area contributed by atoms with Crippen LogP contribution in [0.3, 0.4) is 0 Å². The first kappa shape index (κ1) is 8.80. The van der Waals surface area contributed by atoms with Crippen LogP contribution in [-0.2, 0) is 0 Å². The lowest BCUT2D eigenvalue weighted by Crippen LogP contribution is -1.98. The Morgan fingerprint density at radius 3 is 2.64 bits per heavy atom. The van der Waals surface area contributed by atoms with Crippen molar-refractivity contribution in [3.8, 4) is 0 Å². The highest BCUT2D eigenvalue weighted by molar-refractivity contribution is 14.1. The van der Waals surface area contributed by atoms with Crippen molar-refractivity contribution in [2.24, 2.45) is 0 Å². The first-order valence-corrected chi connectivity index (χ1v) is 4.42. The van der Waals surface area contributed by atoms with Gasteiger partial charge in [-0.15, -0.1) is 0 Å². The molecule has 60 valence electrons. The molecule has 0 fully saturated rings. The molecule has 2 nitrogen and oxygen atoms in total. The number of hydrogen-bond acceptors (Lipinski definition) is 2. The van der Waals surface area contributed by atoms with Crippen molar-refractivity contribution in [1.29, 1.82) is 0 Å². The van der Waals surface area contributed by atoms with Gasteiger partial charge in [0.1, 0.15) is 0 Å². The second kappa shape index (κ2) is 3.40. The van der Waals surface area contributed by atoms with Crippen LogP contribution in [-0.4, -0.2) is 5.11 Å². The molecule has 0 aliphatic carbocycles. The van der Waals surface area contributed by atoms with Crippen LogP contribution < -0.4 is 5.73 Å². The van der Waals surface area contributed by atoms with Crippen LogP contribution in [0.25, 0.3) is 0 Å². The molecule has 0 amide bonds. The van der Waals surface area contributed by atoms with E-state index < -0.39 is 6.10 Å². The van der Waals surface area contributed by atoms with Gasteiger partial charge in [0.25, 0.3) is 0 Å². The zero-order chi connectivity index (χ0) is 8.43. The molecule has 1 atom stereocenters. The van der Waals surface area contributed by atoms with Gasteiger partial charge in [-0.3, -0.25) is 0 Å². The summed E-state index contributed by atoms with van der Waals surface area (Å²) in [7, 11) is 0. The molecule has 1 aromatic rings. The van der Waals surface area contributed by atoms with E-state index in [1.54, 1.807) is 6.92 Å². The average Bonchev–Trinajstić information content (AvgIpc) is 1.94. The molecule has 0 aliphatic rings. The lowest BCUT2D eigenvalue weighted by molar-refractivity contribution is 0.200. The van der Waals surface area contributed by atoms with Crippen LogP contribution in [0.4, 0.5) is 5.69 Å². The molecule has 1 aromatic carbocycles. The normalized spacial score (nSPS) is 13.0. The second-order valence-corrected chi connectivity index (χ2v) is 3.69. The lowest BCUT2D eigenvalue weighted by Gasteiger charge is -2.07. The van der Waals surface area contributed by atoms with Gasteiger partial charge < -0.3 is 10.8 Å². The minimum absolute atomic E-state index is 0.482. The number of rotatable bonds is 1. The number of anilines is 1. The molecule has 0 saturated carbocycles. The fraction of sp³-hybridized carbons (Fsp3) is 0.250. The monoisotopic (exact) mass is 263 g/mol. The fourth-order valence-corrected chi connectivity index (χ4v) is 1.42. The third-order valence-electron chi connectivity index (χ3n) is 1.50. The summed E-state index contributed by atoms with van der Waals surface area (Å²) in [6, 6.07) is 5.62. The van der Waals surface area contributed by atoms with Crippen molar-refractivity contribution in [3.63, 3.8) is 0 Å². The minimum Gasteiger partial charge on any atom is -0.398 e. The van der Waals surface area contributed by atoms with E-state index in [1.165, 1.54) is 0 Å². The Morgan fingerprint density at radius 1 is 1.55 bits per heavy atom. The number of hydrogen-bond donors (Lipinski definition) is 2. The minimum atomic E-state index is -0.482. The Morgan fingerprint density at radius 2 is 2.18 bits per heavy atom. The van der Waals surface area contributed by atoms with Crippen LogP contribution in [0.2, 0.25) is 0 Å². The summed E-state index contributed by atoms with van der Waals surface area (Å²) < 4.78 is 1.09. The predicted octanol–water partition coefficient (Wildman–Crippen LogP) is 1.93. The van der Waals surface area contributed by atoms with Gasteiger partial charge in [-0.25, -0.2) is 0 Å². The zero-order valence-electron chi connectivity index (χ0n) is 6.21. The molecular formula is C8H10INO. The molecule has 0 saturated heterocycles. The molecule has 0 bridgehead atoms. The predicted molar refractivity (Wildman–Crippen MR) is 54.2 cm³/mol. The highest BCUT2D eigenvalue weighted by Gasteiger charge is 2.04. The first-order chi connectivity index (χ1) is 5.11. The van der Waals surface area contributed by atoms with Crippen LogP contribution in [0.1, 0.15) is 18.6 Å². The smallest absolute Gasteiger partial charge is 0.0782 e. The van der Waals surface area contributed by atoms with E-state index >= 15 is 0 Å². The summed E-state index contributed by atoms with van der Waals surface area (Å²) in [6.07, 6.45) is -0.482. The van der Waals surface area contributed by atoms with Crippen molar-refractivity contribution >= 4 is 28.3 Å². The SMILES string of the molecule is CC(O)c1cc(I)ccc1N. The van der Waals surface area contributed by atoms with Crippen molar-refractivity contribution in [2.75, 3.05) is 5.73 Å². The Bertz CT molecular complexity index is 260. The highest BCUT2D eigenvalue weighted by atomic mass is 127. The largest absolute Gasteiger partial charge is 0.398 e. The summed E-state index contributed by atoms with van der Waals surface area (Å²) >= 11 is 2.19. The van der Waals surface area contributed by atoms with Crippen LogP contribution in [0.15, 0.2) is 18.2 Å². The molecule has 1 unspecified atom stereocenters. The van der Waals surface area contributed by atoms with Crippen molar-refractivity contribution in [2.45, 2.75) is 13.0 Å². The Hall–Kier alpha value is -0.290. The second-order valence-electron chi connectivity index (χ2n) is 2.45. The van der Waals surface area contributed by atoms with Crippen molar-refractivity contribution < 1.29 is 5.11 Å². The molecule has 0 heterocycles. The average molecular weight is 263 g/mol. The van der Waals surface area contributed by atoms with Crippen molar-refractivity contribution in [1.82, 2.24) is 0 Å². The maximum Gasteiger partial charge on any atom is 0.0782 e. The molecule has 0 radical (unpaired) electrons. The van der Waals surface area contributed by atoms with Gasteiger partial charge >= 0.3 is 0 Å². The highest BCUT2D eigenvalue weighted by Crippen LogP contribution is 2.21. The maximum atomic E-state index is 9.25. The van der Waals surface area contributed by atoms with E-state index in [1.807, 2.05) is 18.2 Å². The van der Waals surface area contributed by atoms with E-state index in [4.69, 9.17) is 5.73 Å².